The van der Waals surface area contributed by atoms with Gasteiger partial charge >= 0.3 is 0 Å². The van der Waals surface area contributed by atoms with Gasteiger partial charge in [0.1, 0.15) is 5.69 Å². The fourth-order valence-corrected chi connectivity index (χ4v) is 4.06. The van der Waals surface area contributed by atoms with Crippen LogP contribution in [0.2, 0.25) is 0 Å². The van der Waals surface area contributed by atoms with Gasteiger partial charge in [-0.2, -0.15) is 0 Å². The number of piperidine rings is 1. The van der Waals surface area contributed by atoms with Crippen LogP contribution in [0.4, 0.5) is 5.69 Å². The lowest BCUT2D eigenvalue weighted by Gasteiger charge is -2.33. The Balaban J connectivity index is 1.44. The van der Waals surface area contributed by atoms with E-state index in [4.69, 9.17) is 0 Å². The minimum absolute atomic E-state index is 0.115. The number of H-pyrrole nitrogens is 1. The molecule has 6 heteroatoms. The average Bonchev–Trinajstić information content (AvgIpc) is 2.68. The smallest absolute Gasteiger partial charge is 0.270 e. The van der Waals surface area contributed by atoms with Gasteiger partial charge in [0.05, 0.1) is 0 Å². The number of aromatic amines is 1. The van der Waals surface area contributed by atoms with Gasteiger partial charge < -0.3 is 15.2 Å². The molecule has 4 rings (SSSR count). The molecule has 1 fully saturated rings. The Kier molecular flexibility index (Phi) is 5.22. The number of carbonyl (C=O) groups is 1. The fraction of sp³-hybridized carbons (Fsp3) is 0.273. The number of rotatable bonds is 3. The molecule has 1 saturated heterocycles. The van der Waals surface area contributed by atoms with E-state index in [1.54, 1.807) is 6.07 Å². The van der Waals surface area contributed by atoms with Crippen molar-refractivity contribution in [3.63, 3.8) is 0 Å². The van der Waals surface area contributed by atoms with Crippen molar-refractivity contribution >= 4 is 38.4 Å². The number of halogens is 1. The number of hydrogen-bond acceptors (Lipinski definition) is 3. The molecule has 5 nitrogen and oxygen atoms in total. The van der Waals surface area contributed by atoms with E-state index in [1.165, 1.54) is 11.6 Å². The van der Waals surface area contributed by atoms with Gasteiger partial charge in [0.2, 0.25) is 0 Å². The Morgan fingerprint density at radius 1 is 1.14 bits per heavy atom. The molecule has 0 atom stereocenters. The maximum absolute atomic E-state index is 12.9. The normalized spacial score (nSPS) is 15.0. The summed E-state index contributed by atoms with van der Waals surface area (Å²) in [6.45, 7) is 3.42. The molecule has 0 aliphatic carbocycles. The fourth-order valence-electron chi connectivity index (χ4n) is 3.70. The standard InChI is InChI=1S/C22H22BrN3O2/c1-14-3-2-4-17(11-14)24-16-7-9-26(10-8-16)22(28)20-13-21(27)18-12-15(23)5-6-19(18)25-20/h2-6,11-13,16,24H,7-10H2,1H3,(H,25,27). The molecule has 0 spiro atoms. The summed E-state index contributed by atoms with van der Waals surface area (Å²) in [4.78, 5) is 30.2. The largest absolute Gasteiger partial charge is 0.382 e. The number of aryl methyl sites for hydroxylation is 1. The molecule has 2 aromatic carbocycles. The van der Waals surface area contributed by atoms with Gasteiger partial charge in [-0.05, 0) is 55.7 Å². The molecule has 2 N–H and O–H groups in total. The van der Waals surface area contributed by atoms with Crippen LogP contribution in [0, 0.1) is 6.92 Å². The molecule has 0 unspecified atom stereocenters. The van der Waals surface area contributed by atoms with E-state index in [9.17, 15) is 9.59 Å². The highest BCUT2D eigenvalue weighted by Crippen LogP contribution is 2.20. The predicted octanol–water partition coefficient (Wildman–Crippen LogP) is 4.32. The van der Waals surface area contributed by atoms with Gasteiger partial charge in [-0.3, -0.25) is 9.59 Å². The molecule has 0 radical (unpaired) electrons. The number of aromatic nitrogens is 1. The van der Waals surface area contributed by atoms with Crippen LogP contribution in [0.5, 0.6) is 0 Å². The number of likely N-dealkylation sites (tertiary alicyclic amines) is 1. The minimum Gasteiger partial charge on any atom is -0.382 e. The number of anilines is 1. The van der Waals surface area contributed by atoms with Crippen molar-refractivity contribution < 1.29 is 4.79 Å². The Hall–Kier alpha value is -2.60. The topological polar surface area (TPSA) is 65.2 Å². The SMILES string of the molecule is Cc1cccc(NC2CCN(C(=O)c3cc(=O)c4cc(Br)ccc4[nH]3)CC2)c1. The summed E-state index contributed by atoms with van der Waals surface area (Å²) in [7, 11) is 0. The van der Waals surface area contributed by atoms with E-state index < -0.39 is 0 Å². The molecular weight excluding hydrogens is 418 g/mol. The van der Waals surface area contributed by atoms with Crippen LogP contribution < -0.4 is 10.7 Å². The van der Waals surface area contributed by atoms with Crippen LogP contribution in [0.1, 0.15) is 28.9 Å². The predicted molar refractivity (Wildman–Crippen MR) is 116 cm³/mol. The van der Waals surface area contributed by atoms with Crippen molar-refractivity contribution in [1.82, 2.24) is 9.88 Å². The highest BCUT2D eigenvalue weighted by Gasteiger charge is 2.24. The Morgan fingerprint density at radius 3 is 2.68 bits per heavy atom. The summed E-state index contributed by atoms with van der Waals surface area (Å²) in [5, 5.41) is 4.14. The molecule has 0 saturated carbocycles. The van der Waals surface area contributed by atoms with Crippen molar-refractivity contribution in [2.45, 2.75) is 25.8 Å². The van der Waals surface area contributed by atoms with Gasteiger partial charge in [-0.25, -0.2) is 0 Å². The molecule has 1 aliphatic rings. The number of fused-ring (bicyclic) bond motifs is 1. The number of hydrogen-bond donors (Lipinski definition) is 2. The zero-order valence-electron chi connectivity index (χ0n) is 15.7. The van der Waals surface area contributed by atoms with Crippen LogP contribution in [0.15, 0.2) is 57.8 Å². The van der Waals surface area contributed by atoms with Crippen molar-refractivity contribution in [2.24, 2.45) is 0 Å². The zero-order valence-corrected chi connectivity index (χ0v) is 17.3. The van der Waals surface area contributed by atoms with Crippen molar-refractivity contribution in [3.8, 4) is 0 Å². The Bertz CT molecular complexity index is 1080. The average molecular weight is 440 g/mol. The quantitative estimate of drug-likeness (QED) is 0.638. The molecule has 1 aliphatic heterocycles. The first-order valence-corrected chi connectivity index (χ1v) is 10.2. The van der Waals surface area contributed by atoms with Crippen LogP contribution in [0.3, 0.4) is 0 Å². The van der Waals surface area contributed by atoms with E-state index in [-0.39, 0.29) is 11.3 Å². The van der Waals surface area contributed by atoms with Gasteiger partial charge in [0.15, 0.2) is 5.43 Å². The summed E-state index contributed by atoms with van der Waals surface area (Å²) in [6, 6.07) is 15.5. The summed E-state index contributed by atoms with van der Waals surface area (Å²) in [5.41, 5.74) is 3.23. The van der Waals surface area contributed by atoms with Crippen LogP contribution in [-0.4, -0.2) is 34.9 Å². The van der Waals surface area contributed by atoms with Gasteiger partial charge in [0.25, 0.3) is 5.91 Å². The van der Waals surface area contributed by atoms with E-state index in [0.29, 0.717) is 35.7 Å². The monoisotopic (exact) mass is 439 g/mol. The lowest BCUT2D eigenvalue weighted by atomic mass is 10.0. The second-order valence-electron chi connectivity index (χ2n) is 7.32. The van der Waals surface area contributed by atoms with Gasteiger partial charge in [-0.15, -0.1) is 0 Å². The van der Waals surface area contributed by atoms with E-state index in [2.05, 4.69) is 51.4 Å². The van der Waals surface area contributed by atoms with Gasteiger partial charge in [-0.1, -0.05) is 28.1 Å². The third-order valence-corrected chi connectivity index (χ3v) is 5.69. The third-order valence-electron chi connectivity index (χ3n) is 5.19. The number of carbonyl (C=O) groups excluding carboxylic acids is 1. The number of nitrogens with one attached hydrogen (secondary N) is 2. The maximum atomic E-state index is 12.9. The molecule has 2 heterocycles. The second-order valence-corrected chi connectivity index (χ2v) is 8.23. The lowest BCUT2D eigenvalue weighted by Crippen LogP contribution is -2.42. The van der Waals surface area contributed by atoms with Crippen LogP contribution in [-0.2, 0) is 0 Å². The van der Waals surface area contributed by atoms with Crippen molar-refractivity contribution in [2.75, 3.05) is 18.4 Å². The first-order valence-electron chi connectivity index (χ1n) is 9.45. The highest BCUT2D eigenvalue weighted by molar-refractivity contribution is 9.10. The van der Waals surface area contributed by atoms with E-state index in [0.717, 1.165) is 23.0 Å². The summed E-state index contributed by atoms with van der Waals surface area (Å²) >= 11 is 3.38. The number of nitrogens with zero attached hydrogens (tertiary/aromatic N) is 1. The highest BCUT2D eigenvalue weighted by atomic mass is 79.9. The summed E-state index contributed by atoms with van der Waals surface area (Å²) in [5.74, 6) is -0.115. The molecule has 0 bridgehead atoms. The Morgan fingerprint density at radius 2 is 1.93 bits per heavy atom. The maximum Gasteiger partial charge on any atom is 0.270 e. The van der Waals surface area contributed by atoms with E-state index >= 15 is 0 Å². The first-order chi connectivity index (χ1) is 13.5. The zero-order chi connectivity index (χ0) is 19.7. The molecule has 1 amide bonds. The number of benzene rings is 2. The Labute approximate surface area is 171 Å². The molecule has 144 valence electrons. The second kappa shape index (κ2) is 7.80. The lowest BCUT2D eigenvalue weighted by molar-refractivity contribution is 0.0713. The molecule has 1 aromatic heterocycles. The third kappa shape index (κ3) is 3.97. The van der Waals surface area contributed by atoms with Crippen molar-refractivity contribution in [1.29, 1.82) is 0 Å². The number of amides is 1. The van der Waals surface area contributed by atoms with Crippen LogP contribution in [0.25, 0.3) is 10.9 Å². The number of pyridine rings is 1. The molecule has 28 heavy (non-hydrogen) atoms. The first kappa shape index (κ1) is 18.7. The van der Waals surface area contributed by atoms with Crippen LogP contribution >= 0.6 is 15.9 Å². The van der Waals surface area contributed by atoms with E-state index in [1.807, 2.05) is 23.1 Å². The summed E-state index contributed by atoms with van der Waals surface area (Å²) in [6.07, 6.45) is 1.76. The molecule has 3 aromatic rings. The van der Waals surface area contributed by atoms with Gasteiger partial charge in [0, 0.05) is 46.3 Å². The minimum atomic E-state index is -0.144. The molecular formula is C22H22BrN3O2. The summed E-state index contributed by atoms with van der Waals surface area (Å²) < 4.78 is 0.841. The van der Waals surface area contributed by atoms with Crippen molar-refractivity contribution in [3.05, 3.63) is 74.5 Å².